The van der Waals surface area contributed by atoms with Crippen LogP contribution in [0.3, 0.4) is 0 Å². The molecular formula is C10H11F2NO2. The van der Waals surface area contributed by atoms with E-state index in [1.165, 1.54) is 19.2 Å². The van der Waals surface area contributed by atoms with Gasteiger partial charge in [0.15, 0.2) is 11.6 Å². The van der Waals surface area contributed by atoms with Crippen LogP contribution in [0, 0.1) is 11.6 Å². The molecule has 0 heterocycles. The van der Waals surface area contributed by atoms with Crippen LogP contribution in [0.2, 0.25) is 0 Å². The quantitative estimate of drug-likeness (QED) is 0.803. The second-order valence-corrected chi connectivity index (χ2v) is 3.08. The van der Waals surface area contributed by atoms with E-state index in [4.69, 9.17) is 5.11 Å². The summed E-state index contributed by atoms with van der Waals surface area (Å²) in [7, 11) is 1.50. The van der Waals surface area contributed by atoms with Gasteiger partial charge in [0.2, 0.25) is 0 Å². The highest BCUT2D eigenvalue weighted by Gasteiger charge is 2.18. The van der Waals surface area contributed by atoms with Gasteiger partial charge in [0.05, 0.1) is 6.42 Å². The van der Waals surface area contributed by atoms with Crippen molar-refractivity contribution in [1.82, 2.24) is 5.32 Å². The van der Waals surface area contributed by atoms with E-state index in [1.807, 2.05) is 0 Å². The molecule has 0 saturated carbocycles. The van der Waals surface area contributed by atoms with Gasteiger partial charge in [0.1, 0.15) is 0 Å². The number of aliphatic carboxylic acids is 1. The molecule has 0 spiro atoms. The fraction of sp³-hybridized carbons (Fsp3) is 0.300. The Kier molecular flexibility index (Phi) is 3.74. The molecule has 15 heavy (non-hydrogen) atoms. The number of halogens is 2. The minimum Gasteiger partial charge on any atom is -0.481 e. The lowest BCUT2D eigenvalue weighted by molar-refractivity contribution is -0.137. The SMILES string of the molecule is CNC(CC(=O)O)c1cccc(F)c1F. The van der Waals surface area contributed by atoms with Gasteiger partial charge in [-0.15, -0.1) is 0 Å². The Morgan fingerprint density at radius 1 is 1.53 bits per heavy atom. The van der Waals surface area contributed by atoms with Crippen molar-refractivity contribution in [2.45, 2.75) is 12.5 Å². The predicted molar refractivity (Wildman–Crippen MR) is 50.4 cm³/mol. The number of rotatable bonds is 4. The zero-order valence-electron chi connectivity index (χ0n) is 8.13. The van der Waals surface area contributed by atoms with Gasteiger partial charge in [0, 0.05) is 11.6 Å². The highest BCUT2D eigenvalue weighted by molar-refractivity contribution is 5.67. The van der Waals surface area contributed by atoms with E-state index >= 15 is 0 Å². The fourth-order valence-electron chi connectivity index (χ4n) is 1.33. The standard InChI is InChI=1S/C10H11F2NO2/c1-13-8(5-9(14)15)6-3-2-4-7(11)10(6)12/h2-4,8,13H,5H2,1H3,(H,14,15). The minimum atomic E-state index is -1.07. The van der Waals surface area contributed by atoms with E-state index in [1.54, 1.807) is 0 Å². The summed E-state index contributed by atoms with van der Waals surface area (Å²) in [5.41, 5.74) is 0.0277. The Labute approximate surface area is 85.7 Å². The second kappa shape index (κ2) is 4.84. The van der Waals surface area contributed by atoms with Crippen LogP contribution < -0.4 is 5.32 Å². The molecule has 82 valence electrons. The largest absolute Gasteiger partial charge is 0.481 e. The van der Waals surface area contributed by atoms with Gasteiger partial charge in [-0.05, 0) is 13.1 Å². The third-order valence-electron chi connectivity index (χ3n) is 2.08. The molecule has 5 heteroatoms. The number of carboxylic acids is 1. The van der Waals surface area contributed by atoms with Gasteiger partial charge < -0.3 is 10.4 Å². The molecule has 0 amide bonds. The van der Waals surface area contributed by atoms with Crippen LogP contribution in [0.25, 0.3) is 0 Å². The molecule has 1 aromatic carbocycles. The smallest absolute Gasteiger partial charge is 0.305 e. The lowest BCUT2D eigenvalue weighted by Gasteiger charge is -2.15. The van der Waals surface area contributed by atoms with Gasteiger partial charge in [-0.3, -0.25) is 4.79 Å². The Bertz CT molecular complexity index is 368. The van der Waals surface area contributed by atoms with Crippen LogP contribution in [0.15, 0.2) is 18.2 Å². The Morgan fingerprint density at radius 3 is 2.73 bits per heavy atom. The van der Waals surface area contributed by atoms with E-state index in [9.17, 15) is 13.6 Å². The van der Waals surface area contributed by atoms with E-state index in [0.717, 1.165) is 6.07 Å². The maximum absolute atomic E-state index is 13.3. The molecule has 1 atom stereocenters. The van der Waals surface area contributed by atoms with Crippen LogP contribution in [0.5, 0.6) is 0 Å². The number of nitrogens with one attached hydrogen (secondary N) is 1. The summed E-state index contributed by atoms with van der Waals surface area (Å²) in [6, 6.07) is 2.98. The zero-order valence-corrected chi connectivity index (χ0v) is 8.13. The minimum absolute atomic E-state index is 0.0277. The average Bonchev–Trinajstić information content (AvgIpc) is 2.19. The first-order chi connectivity index (χ1) is 7.06. The first-order valence-corrected chi connectivity index (χ1v) is 4.39. The molecule has 0 aromatic heterocycles. The molecule has 0 aliphatic carbocycles. The Morgan fingerprint density at radius 2 is 2.20 bits per heavy atom. The first-order valence-electron chi connectivity index (χ1n) is 4.39. The first kappa shape index (κ1) is 11.6. The van der Waals surface area contributed by atoms with Crippen molar-refractivity contribution in [3.05, 3.63) is 35.4 Å². The van der Waals surface area contributed by atoms with Crippen LogP contribution in [0.1, 0.15) is 18.0 Å². The van der Waals surface area contributed by atoms with Crippen LogP contribution in [-0.2, 0) is 4.79 Å². The van der Waals surface area contributed by atoms with Gasteiger partial charge in [-0.2, -0.15) is 0 Å². The second-order valence-electron chi connectivity index (χ2n) is 3.08. The number of carbonyl (C=O) groups is 1. The summed E-state index contributed by atoms with van der Waals surface area (Å²) in [5, 5.41) is 11.2. The number of hydrogen-bond acceptors (Lipinski definition) is 2. The van der Waals surface area contributed by atoms with E-state index in [0.29, 0.717) is 0 Å². The average molecular weight is 215 g/mol. The predicted octanol–water partition coefficient (Wildman–Crippen LogP) is 1.70. The summed E-state index contributed by atoms with van der Waals surface area (Å²) in [5.74, 6) is -3.05. The van der Waals surface area contributed by atoms with E-state index < -0.39 is 23.6 Å². The van der Waals surface area contributed by atoms with Crippen LogP contribution in [0.4, 0.5) is 8.78 Å². The third-order valence-corrected chi connectivity index (χ3v) is 2.08. The summed E-state index contributed by atoms with van der Waals surface area (Å²) >= 11 is 0. The van der Waals surface area contributed by atoms with Crippen molar-refractivity contribution in [3.8, 4) is 0 Å². The van der Waals surface area contributed by atoms with Crippen molar-refractivity contribution in [2.24, 2.45) is 0 Å². The molecule has 0 aliphatic rings. The molecule has 1 aromatic rings. The molecule has 0 bridgehead atoms. The third kappa shape index (κ3) is 2.73. The van der Waals surface area contributed by atoms with Crippen molar-refractivity contribution in [2.75, 3.05) is 7.05 Å². The molecule has 0 fully saturated rings. The summed E-state index contributed by atoms with van der Waals surface area (Å²) in [6.07, 6.45) is -0.295. The van der Waals surface area contributed by atoms with Crippen molar-refractivity contribution < 1.29 is 18.7 Å². The number of benzene rings is 1. The highest BCUT2D eigenvalue weighted by atomic mass is 19.2. The van der Waals surface area contributed by atoms with Gasteiger partial charge in [-0.1, -0.05) is 12.1 Å². The Balaban J connectivity index is 3.01. The lowest BCUT2D eigenvalue weighted by Crippen LogP contribution is -2.21. The molecule has 3 nitrogen and oxygen atoms in total. The lowest BCUT2D eigenvalue weighted by atomic mass is 10.0. The zero-order chi connectivity index (χ0) is 11.4. The maximum Gasteiger partial charge on any atom is 0.305 e. The van der Waals surface area contributed by atoms with Gasteiger partial charge in [0.25, 0.3) is 0 Å². The number of carboxylic acid groups (broad SMARTS) is 1. The topological polar surface area (TPSA) is 49.3 Å². The highest BCUT2D eigenvalue weighted by Crippen LogP contribution is 2.21. The van der Waals surface area contributed by atoms with Crippen molar-refractivity contribution >= 4 is 5.97 Å². The molecule has 0 aliphatic heterocycles. The number of hydrogen-bond donors (Lipinski definition) is 2. The maximum atomic E-state index is 13.3. The molecule has 1 rings (SSSR count). The molecule has 0 saturated heterocycles. The van der Waals surface area contributed by atoms with Crippen molar-refractivity contribution in [1.29, 1.82) is 0 Å². The molecular weight excluding hydrogens is 204 g/mol. The summed E-state index contributed by atoms with van der Waals surface area (Å²) in [6.45, 7) is 0. The van der Waals surface area contributed by atoms with Gasteiger partial charge in [-0.25, -0.2) is 8.78 Å². The molecule has 0 radical (unpaired) electrons. The van der Waals surface area contributed by atoms with Crippen molar-refractivity contribution in [3.63, 3.8) is 0 Å². The monoisotopic (exact) mass is 215 g/mol. The van der Waals surface area contributed by atoms with Crippen LogP contribution in [-0.4, -0.2) is 18.1 Å². The summed E-state index contributed by atoms with van der Waals surface area (Å²) in [4.78, 5) is 10.5. The molecule has 2 N–H and O–H groups in total. The summed E-state index contributed by atoms with van der Waals surface area (Å²) < 4.78 is 26.1. The fourth-order valence-corrected chi connectivity index (χ4v) is 1.33. The molecule has 1 unspecified atom stereocenters. The normalized spacial score (nSPS) is 12.5. The van der Waals surface area contributed by atoms with E-state index in [-0.39, 0.29) is 12.0 Å². The van der Waals surface area contributed by atoms with Crippen LogP contribution >= 0.6 is 0 Å². The van der Waals surface area contributed by atoms with E-state index in [2.05, 4.69) is 5.32 Å². The Hall–Kier alpha value is -1.49. The van der Waals surface area contributed by atoms with Gasteiger partial charge >= 0.3 is 5.97 Å².